The van der Waals surface area contributed by atoms with Crippen molar-refractivity contribution in [1.29, 1.82) is 0 Å². The zero-order valence-electron chi connectivity index (χ0n) is 16.3. The van der Waals surface area contributed by atoms with E-state index >= 15 is 0 Å². The Kier molecular flexibility index (Phi) is 5.63. The molecule has 3 rings (SSSR count). The van der Waals surface area contributed by atoms with Crippen LogP contribution in [0.5, 0.6) is 0 Å². The molecule has 0 spiro atoms. The lowest BCUT2D eigenvalue weighted by atomic mass is 9.90. The van der Waals surface area contributed by atoms with Gasteiger partial charge in [0.05, 0.1) is 5.56 Å². The number of nitrogens with zero attached hydrogens (tertiary/aromatic N) is 3. The zero-order valence-corrected chi connectivity index (χ0v) is 16.3. The van der Waals surface area contributed by atoms with Gasteiger partial charge in [-0.05, 0) is 42.7 Å². The lowest BCUT2D eigenvalue weighted by molar-refractivity contribution is 0.0970. The lowest BCUT2D eigenvalue weighted by Crippen LogP contribution is -2.34. The third-order valence-electron chi connectivity index (χ3n) is 4.98. The zero-order chi connectivity index (χ0) is 19.7. The minimum Gasteiger partial charge on any atom is -0.305 e. The van der Waals surface area contributed by atoms with Gasteiger partial charge in [-0.3, -0.25) is 9.48 Å². The molecule has 1 saturated carbocycles. The van der Waals surface area contributed by atoms with Crippen molar-refractivity contribution in [2.24, 2.45) is 13.0 Å². The second kappa shape index (κ2) is 7.79. The van der Waals surface area contributed by atoms with E-state index in [2.05, 4.69) is 25.9 Å². The number of para-hydroxylation sites is 1. The van der Waals surface area contributed by atoms with Crippen LogP contribution in [0.2, 0.25) is 0 Å². The standard InChI is InChI=1S/C21H27F2N3O/c1-13(2)11-14(3)16-7-5-6-8-18(16)26(15-9-10-15)21(27)17-12-25(4)24-19(17)20(22)23/h5-8,12-15,20H,9-11H2,1-4H3. The Balaban J connectivity index is 2.02. The number of carbonyl (C=O) groups is 1. The Morgan fingerprint density at radius 3 is 2.52 bits per heavy atom. The Morgan fingerprint density at radius 1 is 1.26 bits per heavy atom. The van der Waals surface area contributed by atoms with E-state index in [1.54, 1.807) is 11.9 Å². The first-order valence-electron chi connectivity index (χ1n) is 9.53. The van der Waals surface area contributed by atoms with E-state index < -0.39 is 12.1 Å². The average molecular weight is 375 g/mol. The van der Waals surface area contributed by atoms with Crippen molar-refractivity contribution in [1.82, 2.24) is 9.78 Å². The number of hydrogen-bond acceptors (Lipinski definition) is 2. The Bertz CT molecular complexity index is 812. The second-order valence-electron chi connectivity index (χ2n) is 7.90. The second-order valence-corrected chi connectivity index (χ2v) is 7.90. The Labute approximate surface area is 159 Å². The van der Waals surface area contributed by atoms with E-state index in [4.69, 9.17) is 0 Å². The normalized spacial score (nSPS) is 15.4. The van der Waals surface area contributed by atoms with Gasteiger partial charge in [-0.1, -0.05) is 39.0 Å². The minimum atomic E-state index is -2.78. The van der Waals surface area contributed by atoms with E-state index in [0.717, 1.165) is 30.5 Å². The molecule has 0 aliphatic heterocycles. The summed E-state index contributed by atoms with van der Waals surface area (Å²) in [6.07, 6.45) is 1.41. The monoisotopic (exact) mass is 375 g/mol. The van der Waals surface area contributed by atoms with Gasteiger partial charge >= 0.3 is 0 Å². The van der Waals surface area contributed by atoms with Gasteiger partial charge < -0.3 is 4.90 Å². The van der Waals surface area contributed by atoms with Crippen molar-refractivity contribution in [3.63, 3.8) is 0 Å². The van der Waals surface area contributed by atoms with Crippen LogP contribution < -0.4 is 4.90 Å². The van der Waals surface area contributed by atoms with Crippen LogP contribution in [0.3, 0.4) is 0 Å². The van der Waals surface area contributed by atoms with Crippen molar-refractivity contribution in [2.45, 2.75) is 58.4 Å². The number of aryl methyl sites for hydroxylation is 1. The van der Waals surface area contributed by atoms with Crippen molar-refractivity contribution in [3.8, 4) is 0 Å². The number of rotatable bonds is 7. The molecule has 0 saturated heterocycles. The quantitative estimate of drug-likeness (QED) is 0.657. The molecular weight excluding hydrogens is 348 g/mol. The number of alkyl halides is 2. The van der Waals surface area contributed by atoms with E-state index in [1.807, 2.05) is 24.3 Å². The highest BCUT2D eigenvalue weighted by molar-refractivity contribution is 6.08. The summed E-state index contributed by atoms with van der Waals surface area (Å²) in [5, 5.41) is 3.80. The molecule has 1 aromatic heterocycles. The highest BCUT2D eigenvalue weighted by Crippen LogP contribution is 2.39. The first kappa shape index (κ1) is 19.5. The van der Waals surface area contributed by atoms with Crippen LogP contribution in [0.4, 0.5) is 14.5 Å². The molecule has 1 aromatic carbocycles. The first-order valence-corrected chi connectivity index (χ1v) is 9.53. The van der Waals surface area contributed by atoms with Gasteiger partial charge in [0, 0.05) is 25.0 Å². The van der Waals surface area contributed by atoms with Gasteiger partial charge in [-0.2, -0.15) is 5.10 Å². The summed E-state index contributed by atoms with van der Waals surface area (Å²) in [5.74, 6) is 0.422. The summed E-state index contributed by atoms with van der Waals surface area (Å²) in [6, 6.07) is 7.92. The van der Waals surface area contributed by atoms with E-state index in [9.17, 15) is 13.6 Å². The van der Waals surface area contributed by atoms with Crippen LogP contribution in [-0.2, 0) is 7.05 Å². The van der Waals surface area contributed by atoms with Gasteiger partial charge in [-0.25, -0.2) is 8.78 Å². The summed E-state index contributed by atoms with van der Waals surface area (Å²) in [6.45, 7) is 6.50. The van der Waals surface area contributed by atoms with Crippen molar-refractivity contribution in [3.05, 3.63) is 47.3 Å². The van der Waals surface area contributed by atoms with Gasteiger partial charge in [0.1, 0.15) is 5.69 Å². The molecule has 1 unspecified atom stereocenters. The number of aromatic nitrogens is 2. The maximum atomic E-state index is 13.4. The topological polar surface area (TPSA) is 38.1 Å². The Morgan fingerprint density at radius 2 is 1.93 bits per heavy atom. The maximum absolute atomic E-state index is 13.4. The molecular formula is C21H27F2N3O. The number of benzene rings is 1. The van der Waals surface area contributed by atoms with Crippen LogP contribution in [0, 0.1) is 5.92 Å². The molecule has 0 N–H and O–H groups in total. The smallest absolute Gasteiger partial charge is 0.282 e. The van der Waals surface area contributed by atoms with Crippen molar-refractivity contribution in [2.75, 3.05) is 4.90 Å². The highest BCUT2D eigenvalue weighted by atomic mass is 19.3. The summed E-state index contributed by atoms with van der Waals surface area (Å²) in [5.41, 5.74) is 1.47. The number of anilines is 1. The molecule has 27 heavy (non-hydrogen) atoms. The van der Waals surface area contributed by atoms with E-state index in [1.165, 1.54) is 10.9 Å². The fourth-order valence-corrected chi connectivity index (χ4v) is 3.72. The van der Waals surface area contributed by atoms with Gasteiger partial charge in [0.2, 0.25) is 0 Å². The lowest BCUT2D eigenvalue weighted by Gasteiger charge is -2.28. The van der Waals surface area contributed by atoms with E-state index in [-0.39, 0.29) is 23.4 Å². The molecule has 1 atom stereocenters. The van der Waals surface area contributed by atoms with Gasteiger partial charge in [0.25, 0.3) is 12.3 Å². The van der Waals surface area contributed by atoms with Crippen LogP contribution >= 0.6 is 0 Å². The Hall–Kier alpha value is -2.24. The summed E-state index contributed by atoms with van der Waals surface area (Å²) in [7, 11) is 1.56. The third kappa shape index (κ3) is 4.20. The molecule has 1 aliphatic rings. The molecule has 146 valence electrons. The molecule has 1 aliphatic carbocycles. The first-order chi connectivity index (χ1) is 12.8. The third-order valence-corrected chi connectivity index (χ3v) is 4.98. The maximum Gasteiger partial charge on any atom is 0.282 e. The number of halogens is 2. The van der Waals surface area contributed by atoms with Crippen LogP contribution in [-0.4, -0.2) is 21.7 Å². The van der Waals surface area contributed by atoms with Gasteiger partial charge in [-0.15, -0.1) is 0 Å². The number of carbonyl (C=O) groups excluding carboxylic acids is 1. The molecule has 0 bridgehead atoms. The SMILES string of the molecule is CC(C)CC(C)c1ccccc1N(C(=O)c1cn(C)nc1C(F)F)C1CC1. The number of hydrogen-bond donors (Lipinski definition) is 0. The predicted molar refractivity (Wildman–Crippen MR) is 102 cm³/mol. The number of amides is 1. The highest BCUT2D eigenvalue weighted by Gasteiger charge is 2.38. The fraction of sp³-hybridized carbons (Fsp3) is 0.524. The largest absolute Gasteiger partial charge is 0.305 e. The van der Waals surface area contributed by atoms with Gasteiger partial charge in [0.15, 0.2) is 0 Å². The van der Waals surface area contributed by atoms with Crippen LogP contribution in [0.15, 0.2) is 30.5 Å². The molecule has 2 aromatic rings. The summed E-state index contributed by atoms with van der Waals surface area (Å²) < 4.78 is 28.1. The molecule has 1 amide bonds. The minimum absolute atomic E-state index is 0.00860. The van der Waals surface area contributed by atoms with Crippen molar-refractivity contribution >= 4 is 11.6 Å². The summed E-state index contributed by atoms with van der Waals surface area (Å²) >= 11 is 0. The molecule has 1 fully saturated rings. The van der Waals surface area contributed by atoms with Crippen LogP contribution in [0.25, 0.3) is 0 Å². The predicted octanol–water partition coefficient (Wildman–Crippen LogP) is 5.32. The molecule has 4 nitrogen and oxygen atoms in total. The fourth-order valence-electron chi connectivity index (χ4n) is 3.72. The van der Waals surface area contributed by atoms with E-state index in [0.29, 0.717) is 5.92 Å². The molecule has 6 heteroatoms. The average Bonchev–Trinajstić information content (AvgIpc) is 3.35. The van der Waals surface area contributed by atoms with Crippen molar-refractivity contribution < 1.29 is 13.6 Å². The van der Waals surface area contributed by atoms with Crippen LogP contribution in [0.1, 0.15) is 74.0 Å². The summed E-state index contributed by atoms with van der Waals surface area (Å²) in [4.78, 5) is 15.0. The molecule has 1 heterocycles. The molecule has 0 radical (unpaired) electrons.